The fourth-order valence-electron chi connectivity index (χ4n) is 2.91. The molecule has 0 aliphatic carbocycles. The summed E-state index contributed by atoms with van der Waals surface area (Å²) in [5, 5.41) is 2.32. The van der Waals surface area contributed by atoms with Crippen molar-refractivity contribution in [3.8, 4) is 0 Å². The van der Waals surface area contributed by atoms with Gasteiger partial charge in [-0.15, -0.1) is 0 Å². The highest BCUT2D eigenvalue weighted by atomic mass is 16.2. The quantitative estimate of drug-likeness (QED) is 0.586. The second-order valence-corrected chi connectivity index (χ2v) is 5.24. The molecule has 6 nitrogen and oxygen atoms in total. The zero-order valence-corrected chi connectivity index (χ0v) is 11.4. The number of amides is 2. The van der Waals surface area contributed by atoms with Gasteiger partial charge in [0.1, 0.15) is 11.7 Å². The smallest absolute Gasteiger partial charge is 0.249 e. The van der Waals surface area contributed by atoms with Gasteiger partial charge < -0.3 is 10.6 Å². The average molecular weight is 285 g/mol. The molecule has 2 aliphatic rings. The number of nitrogens with one attached hydrogen (secondary N) is 1. The number of nitrogens with zero attached hydrogens (tertiary/aromatic N) is 1. The van der Waals surface area contributed by atoms with Crippen molar-refractivity contribution in [3.05, 3.63) is 34.9 Å². The number of imide groups is 1. The maximum Gasteiger partial charge on any atom is 0.249 e. The molecule has 0 aromatic heterocycles. The Bertz CT molecular complexity index is 677. The lowest BCUT2D eigenvalue weighted by atomic mass is 10.0. The topological polar surface area (TPSA) is 92.5 Å². The van der Waals surface area contributed by atoms with Crippen LogP contribution >= 0.6 is 0 Å². The lowest BCUT2D eigenvalue weighted by Gasteiger charge is -2.30. The summed E-state index contributed by atoms with van der Waals surface area (Å²) >= 11 is 0. The summed E-state index contributed by atoms with van der Waals surface area (Å²) in [6.45, 7) is 0.881. The average Bonchev–Trinajstić information content (AvgIpc) is 2.84. The molecular weight excluding hydrogens is 270 g/mol. The third-order valence-corrected chi connectivity index (χ3v) is 3.97. The first-order chi connectivity index (χ1) is 10.1. The van der Waals surface area contributed by atoms with Gasteiger partial charge in [-0.05, 0) is 17.5 Å². The second-order valence-electron chi connectivity index (χ2n) is 5.24. The van der Waals surface area contributed by atoms with Crippen molar-refractivity contribution >= 4 is 23.5 Å². The molecule has 3 rings (SSSR count). The number of piperidine rings is 1. The van der Waals surface area contributed by atoms with Crippen LogP contribution < -0.4 is 11.1 Å². The summed E-state index contributed by atoms with van der Waals surface area (Å²) in [7, 11) is 0. The van der Waals surface area contributed by atoms with Gasteiger partial charge in [0, 0.05) is 25.1 Å². The summed E-state index contributed by atoms with van der Waals surface area (Å²) in [6, 6.07) is 5.14. The van der Waals surface area contributed by atoms with Crippen LogP contribution in [0.25, 0.3) is 5.70 Å². The maximum absolute atomic E-state index is 12.0. The minimum absolute atomic E-state index is 0.269. The molecule has 3 N–H and O–H groups in total. The van der Waals surface area contributed by atoms with E-state index in [4.69, 9.17) is 5.73 Å². The summed E-state index contributed by atoms with van der Waals surface area (Å²) in [5.41, 5.74) is 8.72. The molecular formula is C15H15N3O3. The van der Waals surface area contributed by atoms with Crippen LogP contribution in [0.2, 0.25) is 0 Å². The lowest BCUT2D eigenvalue weighted by molar-refractivity contribution is -0.136. The third-order valence-electron chi connectivity index (χ3n) is 3.97. The molecule has 21 heavy (non-hydrogen) atoms. The Morgan fingerprint density at radius 3 is 2.86 bits per heavy atom. The van der Waals surface area contributed by atoms with Crippen molar-refractivity contribution in [1.29, 1.82) is 0 Å². The molecule has 2 aliphatic heterocycles. The summed E-state index contributed by atoms with van der Waals surface area (Å²) < 4.78 is 0. The Labute approximate surface area is 121 Å². The van der Waals surface area contributed by atoms with Crippen molar-refractivity contribution < 1.29 is 14.4 Å². The van der Waals surface area contributed by atoms with Crippen molar-refractivity contribution in [2.24, 2.45) is 5.73 Å². The third kappa shape index (κ3) is 2.24. The molecule has 0 radical (unpaired) electrons. The van der Waals surface area contributed by atoms with Crippen molar-refractivity contribution in [1.82, 2.24) is 10.2 Å². The molecule has 108 valence electrons. The van der Waals surface area contributed by atoms with Gasteiger partial charge in [-0.3, -0.25) is 14.9 Å². The summed E-state index contributed by atoms with van der Waals surface area (Å²) in [4.78, 5) is 36.3. The van der Waals surface area contributed by atoms with E-state index in [2.05, 4.69) is 5.32 Å². The number of carbonyl (C=O) groups is 2. The monoisotopic (exact) mass is 285 g/mol. The van der Waals surface area contributed by atoms with Gasteiger partial charge in [-0.2, -0.15) is 0 Å². The van der Waals surface area contributed by atoms with E-state index in [1.54, 1.807) is 4.90 Å². The van der Waals surface area contributed by atoms with Gasteiger partial charge in [-0.1, -0.05) is 18.2 Å². The van der Waals surface area contributed by atoms with Gasteiger partial charge in [-0.25, -0.2) is 4.79 Å². The van der Waals surface area contributed by atoms with Crippen molar-refractivity contribution in [2.45, 2.75) is 32.0 Å². The molecule has 0 spiro atoms. The molecule has 1 fully saturated rings. The van der Waals surface area contributed by atoms with Crippen LogP contribution in [0.5, 0.6) is 0 Å². The SMILES string of the molecule is NCc1ccc2c(c1)CN(C1CCC(=O)NC1=O)C2=C=O. The van der Waals surface area contributed by atoms with Crippen molar-refractivity contribution in [2.75, 3.05) is 0 Å². The van der Waals surface area contributed by atoms with Crippen LogP contribution in [0, 0.1) is 0 Å². The zero-order valence-electron chi connectivity index (χ0n) is 11.4. The lowest BCUT2D eigenvalue weighted by Crippen LogP contribution is -2.50. The van der Waals surface area contributed by atoms with Crippen LogP contribution in [-0.2, 0) is 27.5 Å². The number of rotatable bonds is 2. The molecule has 2 heterocycles. The van der Waals surface area contributed by atoms with E-state index < -0.39 is 6.04 Å². The molecule has 1 saturated heterocycles. The molecule has 0 bridgehead atoms. The molecule has 1 unspecified atom stereocenters. The van der Waals surface area contributed by atoms with Crippen LogP contribution in [0.3, 0.4) is 0 Å². The van der Waals surface area contributed by atoms with E-state index in [1.807, 2.05) is 24.1 Å². The number of benzene rings is 1. The van der Waals surface area contributed by atoms with Gasteiger partial charge in [0.2, 0.25) is 11.8 Å². The predicted octanol–water partition coefficient (Wildman–Crippen LogP) is -0.0614. The first kappa shape index (κ1) is 13.5. The van der Waals surface area contributed by atoms with E-state index in [1.165, 1.54) is 0 Å². The molecule has 1 aromatic rings. The number of fused-ring (bicyclic) bond motifs is 1. The van der Waals surface area contributed by atoms with E-state index >= 15 is 0 Å². The van der Waals surface area contributed by atoms with E-state index in [0.717, 1.165) is 16.7 Å². The number of nitrogens with two attached hydrogens (primary N) is 1. The molecule has 0 saturated carbocycles. The summed E-state index contributed by atoms with van der Waals surface area (Å²) in [5.74, 6) is 1.31. The predicted molar refractivity (Wildman–Crippen MR) is 75.1 cm³/mol. The first-order valence-electron chi connectivity index (χ1n) is 6.81. The van der Waals surface area contributed by atoms with Crippen LogP contribution in [0.15, 0.2) is 18.2 Å². The Kier molecular flexibility index (Phi) is 3.33. The number of hydrogen-bond acceptors (Lipinski definition) is 5. The van der Waals surface area contributed by atoms with E-state index in [9.17, 15) is 14.4 Å². The van der Waals surface area contributed by atoms with Crippen LogP contribution in [0.4, 0.5) is 0 Å². The van der Waals surface area contributed by atoms with Crippen molar-refractivity contribution in [3.63, 3.8) is 0 Å². The number of carbonyl (C=O) groups excluding carboxylic acids is 3. The standard InChI is InChI=1S/C15H15N3O3/c16-6-9-1-2-11-10(5-9)7-18(13(11)8-19)12-3-4-14(20)17-15(12)21/h1-2,5,12H,3-4,6-7,16H2,(H,17,20,21). The highest BCUT2D eigenvalue weighted by Gasteiger charge is 2.37. The Morgan fingerprint density at radius 2 is 2.19 bits per heavy atom. The minimum atomic E-state index is -0.507. The Hall–Kier alpha value is -2.43. The van der Waals surface area contributed by atoms with Gasteiger partial charge in [0.15, 0.2) is 5.94 Å². The molecule has 6 heteroatoms. The van der Waals surface area contributed by atoms with Crippen LogP contribution in [-0.4, -0.2) is 28.7 Å². The number of hydrogen-bond donors (Lipinski definition) is 2. The first-order valence-corrected chi connectivity index (χ1v) is 6.81. The normalized spacial score (nSPS) is 21.1. The summed E-state index contributed by atoms with van der Waals surface area (Å²) in [6.07, 6.45) is 0.691. The highest BCUT2D eigenvalue weighted by Crippen LogP contribution is 2.34. The van der Waals surface area contributed by atoms with Gasteiger partial charge in [0.25, 0.3) is 0 Å². The Balaban J connectivity index is 1.94. The van der Waals surface area contributed by atoms with Crippen LogP contribution in [0.1, 0.15) is 29.5 Å². The fraction of sp³-hybridized carbons (Fsp3) is 0.333. The minimum Gasteiger partial charge on any atom is -0.346 e. The van der Waals surface area contributed by atoms with Gasteiger partial charge >= 0.3 is 0 Å². The van der Waals surface area contributed by atoms with Gasteiger partial charge in [0.05, 0.1) is 0 Å². The van der Waals surface area contributed by atoms with E-state index in [-0.39, 0.29) is 18.2 Å². The largest absolute Gasteiger partial charge is 0.346 e. The molecule has 2 amide bonds. The highest BCUT2D eigenvalue weighted by molar-refractivity contribution is 6.02. The molecule has 1 atom stereocenters. The zero-order chi connectivity index (χ0) is 15.0. The van der Waals surface area contributed by atoms with E-state index in [0.29, 0.717) is 25.2 Å². The second kappa shape index (κ2) is 5.16. The Morgan fingerprint density at radius 1 is 1.38 bits per heavy atom. The fourth-order valence-corrected chi connectivity index (χ4v) is 2.91. The maximum atomic E-state index is 12.0. The molecule has 1 aromatic carbocycles.